The molecular weight excluding hydrogens is 431 g/mol. The van der Waals surface area contributed by atoms with Crippen molar-refractivity contribution < 1.29 is 0 Å². The molecule has 1 heterocycles. The maximum Gasteiger partial charge on any atom is 0.188 e. The summed E-state index contributed by atoms with van der Waals surface area (Å²) in [5, 5.41) is 5.28. The number of nitrogens with two attached hydrogens (primary N) is 1. The summed E-state index contributed by atoms with van der Waals surface area (Å²) in [6.45, 7) is 15.2. The van der Waals surface area contributed by atoms with Crippen molar-refractivity contribution >= 4 is 41.3 Å². The molecule has 4 nitrogen and oxygen atoms in total. The van der Waals surface area contributed by atoms with Gasteiger partial charge in [-0.05, 0) is 23.8 Å². The van der Waals surface area contributed by atoms with Crippen LogP contribution in [0.5, 0.6) is 0 Å². The van der Waals surface area contributed by atoms with Crippen LogP contribution < -0.4 is 11.1 Å². The molecule has 0 saturated carbocycles. The molecular formula is C18H31IN4S. The molecule has 0 bridgehead atoms. The topological polar surface area (TPSA) is 53.6 Å². The molecule has 0 aliphatic carbocycles. The number of thiophene rings is 1. The van der Waals surface area contributed by atoms with Crippen LogP contribution in [-0.2, 0) is 6.42 Å². The number of nitrogens with one attached hydrogen (secondary N) is 1. The highest BCUT2D eigenvalue weighted by atomic mass is 127. The molecule has 0 fully saturated rings. The van der Waals surface area contributed by atoms with Crippen LogP contribution in [-0.4, -0.2) is 43.1 Å². The Balaban J connectivity index is 0.00000529. The SMILES string of the molecule is C=CCN(CC=C)C(CN=C(N)NCCc1cccs1)C(C)C.I. The van der Waals surface area contributed by atoms with E-state index < -0.39 is 0 Å². The maximum absolute atomic E-state index is 5.99. The molecule has 1 atom stereocenters. The molecule has 136 valence electrons. The largest absolute Gasteiger partial charge is 0.370 e. The first-order chi connectivity index (χ1) is 11.1. The van der Waals surface area contributed by atoms with E-state index in [1.165, 1.54) is 4.88 Å². The van der Waals surface area contributed by atoms with Crippen LogP contribution in [0.4, 0.5) is 0 Å². The zero-order valence-electron chi connectivity index (χ0n) is 14.8. The second-order valence-electron chi connectivity index (χ2n) is 5.82. The monoisotopic (exact) mass is 462 g/mol. The van der Waals surface area contributed by atoms with E-state index in [9.17, 15) is 0 Å². The van der Waals surface area contributed by atoms with Crippen LogP contribution in [0, 0.1) is 5.92 Å². The number of guanidine groups is 1. The van der Waals surface area contributed by atoms with Crippen molar-refractivity contribution in [3.05, 3.63) is 47.7 Å². The molecule has 1 aromatic rings. The second kappa shape index (κ2) is 13.4. The Morgan fingerprint density at radius 1 is 1.38 bits per heavy atom. The molecule has 0 amide bonds. The number of hydrogen-bond acceptors (Lipinski definition) is 3. The summed E-state index contributed by atoms with van der Waals surface area (Å²) < 4.78 is 0. The third kappa shape index (κ3) is 8.84. The quantitative estimate of drug-likeness (QED) is 0.229. The lowest BCUT2D eigenvalue weighted by Gasteiger charge is -2.31. The minimum Gasteiger partial charge on any atom is -0.370 e. The fourth-order valence-corrected chi connectivity index (χ4v) is 3.15. The fourth-order valence-electron chi connectivity index (χ4n) is 2.44. The zero-order chi connectivity index (χ0) is 17.1. The molecule has 3 N–H and O–H groups in total. The summed E-state index contributed by atoms with van der Waals surface area (Å²) in [6.07, 6.45) is 4.82. The van der Waals surface area contributed by atoms with Gasteiger partial charge in [-0.15, -0.1) is 48.5 Å². The van der Waals surface area contributed by atoms with Crippen molar-refractivity contribution in [3.63, 3.8) is 0 Å². The van der Waals surface area contributed by atoms with Gasteiger partial charge in [0.1, 0.15) is 0 Å². The lowest BCUT2D eigenvalue weighted by molar-refractivity contribution is 0.195. The standard InChI is InChI=1S/C18H30N4S.HI/c1-5-11-22(12-6-2)17(15(3)4)14-21-18(19)20-10-9-16-8-7-13-23-16;/h5-8,13,15,17H,1-2,9-12,14H2,3-4H3,(H3,19,20,21);1H. The first kappa shape index (κ1) is 23.1. The molecule has 0 aliphatic rings. The predicted octanol–water partition coefficient (Wildman–Crippen LogP) is 3.51. The van der Waals surface area contributed by atoms with Crippen molar-refractivity contribution in [2.24, 2.45) is 16.6 Å². The molecule has 1 unspecified atom stereocenters. The third-order valence-corrected chi connectivity index (χ3v) is 4.61. The Morgan fingerprint density at radius 3 is 2.54 bits per heavy atom. The van der Waals surface area contributed by atoms with Crippen molar-refractivity contribution in [3.8, 4) is 0 Å². The lowest BCUT2D eigenvalue weighted by atomic mass is 10.0. The van der Waals surface area contributed by atoms with Gasteiger partial charge in [-0.1, -0.05) is 32.1 Å². The van der Waals surface area contributed by atoms with Gasteiger partial charge in [-0.2, -0.15) is 0 Å². The Kier molecular flexibility index (Phi) is 13.0. The maximum atomic E-state index is 5.99. The summed E-state index contributed by atoms with van der Waals surface area (Å²) in [7, 11) is 0. The summed E-state index contributed by atoms with van der Waals surface area (Å²) in [5.41, 5.74) is 5.99. The van der Waals surface area contributed by atoms with Crippen LogP contribution >= 0.6 is 35.3 Å². The molecule has 0 saturated heterocycles. The van der Waals surface area contributed by atoms with Gasteiger partial charge in [-0.25, -0.2) is 0 Å². The van der Waals surface area contributed by atoms with Gasteiger partial charge in [-0.3, -0.25) is 9.89 Å². The fraction of sp³-hybridized carbons (Fsp3) is 0.500. The van der Waals surface area contributed by atoms with E-state index in [0.29, 0.717) is 24.5 Å². The van der Waals surface area contributed by atoms with Crippen molar-refractivity contribution in [2.75, 3.05) is 26.2 Å². The van der Waals surface area contributed by atoms with Crippen molar-refractivity contribution in [1.82, 2.24) is 10.2 Å². The Hall–Kier alpha value is -0.860. The Bertz CT molecular complexity index is 475. The molecule has 1 aromatic heterocycles. The van der Waals surface area contributed by atoms with Gasteiger partial charge in [0, 0.05) is 30.6 Å². The van der Waals surface area contributed by atoms with E-state index in [2.05, 4.69) is 59.7 Å². The average Bonchev–Trinajstić information content (AvgIpc) is 3.01. The van der Waals surface area contributed by atoms with Gasteiger partial charge < -0.3 is 11.1 Å². The number of rotatable bonds is 11. The highest BCUT2D eigenvalue weighted by Gasteiger charge is 2.19. The van der Waals surface area contributed by atoms with Crippen LogP contribution in [0.3, 0.4) is 0 Å². The van der Waals surface area contributed by atoms with Gasteiger partial charge in [0.15, 0.2) is 5.96 Å². The third-order valence-electron chi connectivity index (χ3n) is 3.67. The molecule has 0 radical (unpaired) electrons. The van der Waals surface area contributed by atoms with E-state index in [1.807, 2.05) is 12.2 Å². The van der Waals surface area contributed by atoms with Crippen LogP contribution in [0.15, 0.2) is 47.8 Å². The van der Waals surface area contributed by atoms with Gasteiger partial charge in [0.05, 0.1) is 6.54 Å². The van der Waals surface area contributed by atoms with Crippen molar-refractivity contribution in [1.29, 1.82) is 0 Å². The number of hydrogen-bond donors (Lipinski definition) is 2. The van der Waals surface area contributed by atoms with Crippen LogP contribution in [0.25, 0.3) is 0 Å². The van der Waals surface area contributed by atoms with Crippen LogP contribution in [0.2, 0.25) is 0 Å². The minimum absolute atomic E-state index is 0. The number of nitrogens with zero attached hydrogens (tertiary/aromatic N) is 2. The van der Waals surface area contributed by atoms with Gasteiger partial charge in [0.2, 0.25) is 0 Å². The average molecular weight is 462 g/mol. The van der Waals surface area contributed by atoms with E-state index in [1.54, 1.807) is 11.3 Å². The van der Waals surface area contributed by atoms with Gasteiger partial charge in [0.25, 0.3) is 0 Å². The lowest BCUT2D eigenvalue weighted by Crippen LogP contribution is -2.42. The van der Waals surface area contributed by atoms with E-state index >= 15 is 0 Å². The Morgan fingerprint density at radius 2 is 2.04 bits per heavy atom. The molecule has 6 heteroatoms. The van der Waals surface area contributed by atoms with Gasteiger partial charge >= 0.3 is 0 Å². The molecule has 24 heavy (non-hydrogen) atoms. The predicted molar refractivity (Wildman–Crippen MR) is 119 cm³/mol. The summed E-state index contributed by atoms with van der Waals surface area (Å²) in [5.74, 6) is 1.00. The zero-order valence-corrected chi connectivity index (χ0v) is 17.9. The summed E-state index contributed by atoms with van der Waals surface area (Å²) in [4.78, 5) is 8.21. The number of aliphatic imine (C=N–C) groups is 1. The first-order valence-corrected chi connectivity index (χ1v) is 8.98. The smallest absolute Gasteiger partial charge is 0.188 e. The second-order valence-corrected chi connectivity index (χ2v) is 6.86. The van der Waals surface area contributed by atoms with Crippen molar-refractivity contribution in [2.45, 2.75) is 26.3 Å². The molecule has 0 spiro atoms. The minimum atomic E-state index is 0. The summed E-state index contributed by atoms with van der Waals surface area (Å²) >= 11 is 1.77. The molecule has 0 aromatic carbocycles. The highest BCUT2D eigenvalue weighted by Crippen LogP contribution is 2.12. The number of halogens is 1. The van der Waals surface area contributed by atoms with Crippen LogP contribution in [0.1, 0.15) is 18.7 Å². The normalized spacial score (nSPS) is 12.8. The van der Waals surface area contributed by atoms with E-state index in [0.717, 1.165) is 26.1 Å². The summed E-state index contributed by atoms with van der Waals surface area (Å²) in [6, 6.07) is 4.53. The first-order valence-electron chi connectivity index (χ1n) is 8.10. The van der Waals surface area contributed by atoms with E-state index in [4.69, 9.17) is 5.73 Å². The molecule has 1 rings (SSSR count). The van der Waals surface area contributed by atoms with E-state index in [-0.39, 0.29) is 24.0 Å². The highest BCUT2D eigenvalue weighted by molar-refractivity contribution is 14.0. The molecule has 0 aliphatic heterocycles. The Labute approximate surface area is 167 Å².